The van der Waals surface area contributed by atoms with Gasteiger partial charge in [-0.3, -0.25) is 0 Å². The molecule has 0 aliphatic rings. The average Bonchev–Trinajstić information content (AvgIpc) is 2.30. The van der Waals surface area contributed by atoms with Gasteiger partial charge in [0.15, 0.2) is 10.2 Å². The second-order valence-electron chi connectivity index (χ2n) is 4.16. The number of rotatable bonds is 12. The summed E-state index contributed by atoms with van der Waals surface area (Å²) in [5, 5.41) is 0. The van der Waals surface area contributed by atoms with Crippen LogP contribution in [0.5, 0.6) is 0 Å². The van der Waals surface area contributed by atoms with Gasteiger partial charge in [0.2, 0.25) is 5.60 Å². The molecule has 0 aromatic carbocycles. The highest BCUT2D eigenvalue weighted by Gasteiger charge is 2.26. The van der Waals surface area contributed by atoms with Crippen LogP contribution in [0.25, 0.3) is 0 Å². The molecule has 3 radical (unpaired) electrons. The number of hydrogen-bond acceptors (Lipinski definition) is 3. The van der Waals surface area contributed by atoms with Crippen LogP contribution in [0.4, 0.5) is 0 Å². The molecule has 0 heterocycles. The second kappa shape index (κ2) is 11.2. The third kappa shape index (κ3) is 9.77. The van der Waals surface area contributed by atoms with Crippen LogP contribution in [0.1, 0.15) is 59.3 Å². The number of unbranched alkanes of at least 4 members (excludes halogenated alkanes) is 3. The molecule has 0 amide bonds. The Morgan fingerprint density at radius 3 is 1.24 bits per heavy atom. The van der Waals surface area contributed by atoms with Gasteiger partial charge >= 0.3 is 0 Å². The van der Waals surface area contributed by atoms with Crippen LogP contribution in [0.3, 0.4) is 0 Å². The maximum Gasteiger partial charge on any atom is 0.248 e. The first-order valence-corrected chi connectivity index (χ1v) is 7.35. The summed E-state index contributed by atoms with van der Waals surface area (Å²) in [6.07, 6.45) is 6.35. The van der Waals surface area contributed by atoms with Crippen molar-refractivity contribution in [2.75, 3.05) is 19.8 Å². The van der Waals surface area contributed by atoms with Crippen molar-refractivity contribution in [1.82, 2.24) is 0 Å². The zero-order chi connectivity index (χ0) is 13.0. The molecule has 4 heteroatoms. The smallest absolute Gasteiger partial charge is 0.248 e. The van der Waals surface area contributed by atoms with Crippen LogP contribution in [0.15, 0.2) is 0 Å². The first kappa shape index (κ1) is 17.1. The van der Waals surface area contributed by atoms with Crippen LogP contribution < -0.4 is 0 Å². The lowest BCUT2D eigenvalue weighted by atomic mass is 10.4. The number of hydrogen-bond donors (Lipinski definition) is 0. The van der Waals surface area contributed by atoms with Crippen LogP contribution >= 0.6 is 0 Å². The van der Waals surface area contributed by atoms with E-state index in [0.29, 0.717) is 19.8 Å². The molecule has 0 unspecified atom stereocenters. The molecule has 0 aliphatic heterocycles. The molecule has 0 rings (SSSR count). The van der Waals surface area contributed by atoms with Crippen molar-refractivity contribution in [2.45, 2.75) is 64.9 Å². The van der Waals surface area contributed by atoms with E-state index in [4.69, 9.17) is 14.2 Å². The molecule has 101 valence electrons. The minimum Gasteiger partial charge on any atom is -0.332 e. The molecule has 0 atom stereocenters. The molecule has 0 aromatic rings. The van der Waals surface area contributed by atoms with Crippen LogP contribution in [-0.4, -0.2) is 35.7 Å². The van der Waals surface area contributed by atoms with Gasteiger partial charge in [-0.1, -0.05) is 40.0 Å². The fraction of sp³-hybridized carbons (Fsp3) is 1.00. The fourth-order valence-electron chi connectivity index (χ4n) is 1.18. The zero-order valence-electron chi connectivity index (χ0n) is 11.6. The van der Waals surface area contributed by atoms with E-state index in [1.165, 1.54) is 0 Å². The van der Waals surface area contributed by atoms with Crippen molar-refractivity contribution in [3.05, 3.63) is 0 Å². The lowest BCUT2D eigenvalue weighted by Crippen LogP contribution is -2.40. The highest BCUT2D eigenvalue weighted by molar-refractivity contribution is 6.12. The summed E-state index contributed by atoms with van der Waals surface area (Å²) in [5.74, 6) is 0. The van der Waals surface area contributed by atoms with Gasteiger partial charge in [-0.05, 0) is 19.3 Å². The minimum absolute atomic E-state index is 0.651. The van der Waals surface area contributed by atoms with E-state index in [2.05, 4.69) is 31.0 Å². The second-order valence-corrected chi connectivity index (χ2v) is 4.77. The first-order chi connectivity index (χ1) is 8.18. The Morgan fingerprint density at radius 1 is 0.706 bits per heavy atom. The highest BCUT2D eigenvalue weighted by Crippen LogP contribution is 2.13. The zero-order valence-corrected chi connectivity index (χ0v) is 12.6. The molecule has 0 aromatic heterocycles. The fourth-order valence-corrected chi connectivity index (χ4v) is 1.48. The Bertz CT molecular complexity index is 138. The summed E-state index contributed by atoms with van der Waals surface area (Å²) in [7, 11) is 3.47. The third-order valence-electron chi connectivity index (χ3n) is 2.37. The van der Waals surface area contributed by atoms with Gasteiger partial charge in [0.05, 0.1) is 19.8 Å². The van der Waals surface area contributed by atoms with E-state index in [0.717, 1.165) is 38.5 Å². The minimum atomic E-state index is -1.04. The lowest BCUT2D eigenvalue weighted by Gasteiger charge is -2.30. The van der Waals surface area contributed by atoms with E-state index < -0.39 is 5.60 Å². The van der Waals surface area contributed by atoms with E-state index in [1.807, 2.05) is 0 Å². The maximum atomic E-state index is 5.63. The Hall–Kier alpha value is 0.0969. The Labute approximate surface area is 110 Å². The van der Waals surface area contributed by atoms with Gasteiger partial charge in [0.25, 0.3) is 0 Å². The van der Waals surface area contributed by atoms with Crippen LogP contribution in [-0.2, 0) is 14.2 Å². The molecule has 0 N–H and O–H groups in total. The highest BCUT2D eigenvalue weighted by atomic mass is 28.1. The van der Waals surface area contributed by atoms with Gasteiger partial charge in [-0.15, -0.1) is 0 Å². The molecule has 3 nitrogen and oxygen atoms in total. The lowest BCUT2D eigenvalue weighted by molar-refractivity contribution is -0.325. The van der Waals surface area contributed by atoms with Gasteiger partial charge in [-0.2, -0.15) is 0 Å². The van der Waals surface area contributed by atoms with Crippen LogP contribution in [0, 0.1) is 0 Å². The Balaban J connectivity index is 3.95. The van der Waals surface area contributed by atoms with Crippen molar-refractivity contribution in [2.24, 2.45) is 0 Å². The van der Waals surface area contributed by atoms with Gasteiger partial charge in [0.1, 0.15) is 0 Å². The molecule has 0 saturated carbocycles. The Morgan fingerprint density at radius 2 is 1.00 bits per heavy atom. The molecule has 17 heavy (non-hydrogen) atoms. The normalized spacial score (nSPS) is 12.0. The van der Waals surface area contributed by atoms with Gasteiger partial charge in [-0.25, -0.2) is 0 Å². The van der Waals surface area contributed by atoms with Crippen molar-refractivity contribution in [3.63, 3.8) is 0 Å². The molecule has 0 saturated heterocycles. The summed E-state index contributed by atoms with van der Waals surface area (Å²) in [4.78, 5) is 0. The summed E-state index contributed by atoms with van der Waals surface area (Å²) in [6.45, 7) is 8.35. The molecular formula is C13H27O3Si. The Kier molecular flexibility index (Phi) is 11.3. The molecule has 0 bridgehead atoms. The monoisotopic (exact) mass is 259 g/mol. The summed E-state index contributed by atoms with van der Waals surface area (Å²) in [5.41, 5.74) is -1.04. The van der Waals surface area contributed by atoms with Crippen molar-refractivity contribution in [3.8, 4) is 0 Å². The summed E-state index contributed by atoms with van der Waals surface area (Å²) >= 11 is 0. The summed E-state index contributed by atoms with van der Waals surface area (Å²) < 4.78 is 16.9. The topological polar surface area (TPSA) is 27.7 Å². The average molecular weight is 259 g/mol. The van der Waals surface area contributed by atoms with Gasteiger partial charge < -0.3 is 14.2 Å². The van der Waals surface area contributed by atoms with Crippen LogP contribution in [0.2, 0.25) is 0 Å². The quantitative estimate of drug-likeness (QED) is 0.306. The van der Waals surface area contributed by atoms with E-state index >= 15 is 0 Å². The van der Waals surface area contributed by atoms with Crippen molar-refractivity contribution >= 4 is 10.2 Å². The first-order valence-electron chi connectivity index (χ1n) is 6.85. The van der Waals surface area contributed by atoms with Crippen molar-refractivity contribution < 1.29 is 14.2 Å². The predicted octanol–water partition coefficient (Wildman–Crippen LogP) is 3.22. The molecular weight excluding hydrogens is 232 g/mol. The molecule has 0 spiro atoms. The summed E-state index contributed by atoms with van der Waals surface area (Å²) in [6, 6.07) is 0. The predicted molar refractivity (Wildman–Crippen MR) is 71.1 cm³/mol. The maximum absolute atomic E-state index is 5.63. The third-order valence-corrected chi connectivity index (χ3v) is 2.80. The van der Waals surface area contributed by atoms with Gasteiger partial charge in [0, 0.05) is 0 Å². The largest absolute Gasteiger partial charge is 0.332 e. The SMILES string of the molecule is CCCCOC([Si])(OCCCC)OCCCC. The van der Waals surface area contributed by atoms with Crippen molar-refractivity contribution in [1.29, 1.82) is 0 Å². The van der Waals surface area contributed by atoms with E-state index in [9.17, 15) is 0 Å². The molecule has 0 aliphatic carbocycles. The number of ether oxygens (including phenoxy) is 3. The van der Waals surface area contributed by atoms with E-state index in [-0.39, 0.29) is 0 Å². The van der Waals surface area contributed by atoms with E-state index in [1.54, 1.807) is 0 Å². The standard InChI is InChI=1S/C13H27O3Si/c1-4-7-10-14-13(17,15-11-8-5-2)16-12-9-6-3/h4-12H2,1-3H3. The molecule has 0 fully saturated rings.